The van der Waals surface area contributed by atoms with Crippen molar-refractivity contribution in [2.75, 3.05) is 20.3 Å². The monoisotopic (exact) mass is 486 g/mol. The highest BCUT2D eigenvalue weighted by Gasteiger charge is 2.38. The van der Waals surface area contributed by atoms with E-state index in [-0.39, 0.29) is 41.7 Å². The number of rotatable bonds is 10. The van der Waals surface area contributed by atoms with E-state index in [1.807, 2.05) is 0 Å². The number of hydrogen-bond donors (Lipinski definition) is 2. The van der Waals surface area contributed by atoms with E-state index in [1.165, 1.54) is 36.1 Å². The summed E-state index contributed by atoms with van der Waals surface area (Å²) in [5.41, 5.74) is -0.455. The smallest absolute Gasteiger partial charge is 0.425 e. The Kier molecular flexibility index (Phi) is 7.79. The van der Waals surface area contributed by atoms with Gasteiger partial charge in [-0.05, 0) is 31.4 Å². The molecular weight excluding hydrogens is 461 g/mol. The van der Waals surface area contributed by atoms with Gasteiger partial charge < -0.3 is 24.4 Å². The summed E-state index contributed by atoms with van der Waals surface area (Å²) in [5, 5.41) is 23.6. The zero-order valence-electron chi connectivity index (χ0n) is 18.7. The van der Waals surface area contributed by atoms with Crippen LogP contribution in [0.25, 0.3) is 16.5 Å². The summed E-state index contributed by atoms with van der Waals surface area (Å²) < 4.78 is 58.1. The minimum atomic E-state index is -4.67. The fourth-order valence-electron chi connectivity index (χ4n) is 3.30. The maximum absolute atomic E-state index is 13.3. The molecule has 2 aromatic heterocycles. The van der Waals surface area contributed by atoms with Gasteiger partial charge in [-0.3, -0.25) is 4.57 Å². The van der Waals surface area contributed by atoms with Crippen molar-refractivity contribution in [1.29, 1.82) is 0 Å². The molecule has 1 aromatic carbocycles. The molecule has 186 valence electrons. The Morgan fingerprint density at radius 1 is 1.21 bits per heavy atom. The van der Waals surface area contributed by atoms with Gasteiger partial charge in [0.1, 0.15) is 18.5 Å². The molecule has 0 amide bonds. The van der Waals surface area contributed by atoms with Crippen molar-refractivity contribution >= 4 is 10.8 Å². The molecule has 2 N–H and O–H groups in total. The number of halogens is 3. The fraction of sp³-hybridized carbons (Fsp3) is 0.476. The van der Waals surface area contributed by atoms with E-state index >= 15 is 0 Å². The van der Waals surface area contributed by atoms with Crippen molar-refractivity contribution in [1.82, 2.24) is 19.3 Å². The van der Waals surface area contributed by atoms with Crippen LogP contribution in [0.3, 0.4) is 0 Å². The molecule has 0 aliphatic rings. The van der Waals surface area contributed by atoms with Gasteiger partial charge in [-0.1, -0.05) is 0 Å². The zero-order chi connectivity index (χ0) is 25.0. The third kappa shape index (κ3) is 5.16. The standard InChI is InChI=1S/C21H25F3N4O6/c1-4-27-17(10-30)26-28(20(27)31)14-7-13-5-6-25-19(34-15(9-29)11-32-3)18(13)16(8-14)33-12(2)21(22,23)24/h5-8,12,15,29-30H,4,9-11H2,1-3H3. The van der Waals surface area contributed by atoms with Crippen molar-refractivity contribution in [3.8, 4) is 17.3 Å². The molecule has 3 aromatic rings. The normalized spacial score (nSPS) is 13.8. The van der Waals surface area contributed by atoms with E-state index in [4.69, 9.17) is 14.2 Å². The highest BCUT2D eigenvalue weighted by Crippen LogP contribution is 2.37. The molecule has 13 heteroatoms. The quantitative estimate of drug-likeness (QED) is 0.445. The lowest BCUT2D eigenvalue weighted by Crippen LogP contribution is -2.31. The summed E-state index contributed by atoms with van der Waals surface area (Å²) in [5.74, 6) is -0.229. The van der Waals surface area contributed by atoms with E-state index in [2.05, 4.69) is 10.1 Å². The van der Waals surface area contributed by atoms with Gasteiger partial charge in [-0.2, -0.15) is 17.9 Å². The summed E-state index contributed by atoms with van der Waals surface area (Å²) >= 11 is 0. The van der Waals surface area contributed by atoms with Gasteiger partial charge in [0.05, 0.1) is 24.3 Å². The molecule has 0 saturated heterocycles. The van der Waals surface area contributed by atoms with E-state index < -0.39 is 37.3 Å². The van der Waals surface area contributed by atoms with Crippen molar-refractivity contribution in [2.24, 2.45) is 0 Å². The molecule has 2 heterocycles. The van der Waals surface area contributed by atoms with Gasteiger partial charge in [0, 0.05) is 25.9 Å². The predicted octanol–water partition coefficient (Wildman–Crippen LogP) is 1.81. The Hall–Kier alpha value is -3.16. The molecule has 34 heavy (non-hydrogen) atoms. The first-order chi connectivity index (χ1) is 16.1. The van der Waals surface area contributed by atoms with Gasteiger partial charge in [0.2, 0.25) is 5.88 Å². The number of ether oxygens (including phenoxy) is 3. The van der Waals surface area contributed by atoms with E-state index in [9.17, 15) is 28.2 Å². The Balaban J connectivity index is 2.23. The second kappa shape index (κ2) is 10.4. The van der Waals surface area contributed by atoms with Crippen LogP contribution in [0.5, 0.6) is 11.6 Å². The molecule has 0 bridgehead atoms. The summed E-state index contributed by atoms with van der Waals surface area (Å²) in [7, 11) is 1.40. The molecule has 0 aliphatic heterocycles. The van der Waals surface area contributed by atoms with Crippen LogP contribution < -0.4 is 15.2 Å². The van der Waals surface area contributed by atoms with E-state index in [1.54, 1.807) is 6.92 Å². The lowest BCUT2D eigenvalue weighted by Gasteiger charge is -2.21. The maximum Gasteiger partial charge on any atom is 0.425 e. The van der Waals surface area contributed by atoms with Crippen molar-refractivity contribution in [3.05, 3.63) is 40.7 Å². The van der Waals surface area contributed by atoms with Crippen LogP contribution in [-0.4, -0.2) is 68.3 Å². The van der Waals surface area contributed by atoms with Crippen LogP contribution in [0.2, 0.25) is 0 Å². The van der Waals surface area contributed by atoms with Crippen LogP contribution in [0.15, 0.2) is 29.2 Å². The molecule has 10 nitrogen and oxygen atoms in total. The number of hydrogen-bond acceptors (Lipinski definition) is 8. The van der Waals surface area contributed by atoms with Gasteiger partial charge in [0.25, 0.3) is 0 Å². The molecule has 0 fully saturated rings. The van der Waals surface area contributed by atoms with Gasteiger partial charge in [0.15, 0.2) is 11.9 Å². The third-order valence-corrected chi connectivity index (χ3v) is 5.02. The Morgan fingerprint density at radius 2 is 1.94 bits per heavy atom. The summed E-state index contributed by atoms with van der Waals surface area (Å²) in [6, 6.07) is 4.24. The molecule has 0 spiro atoms. The molecule has 2 unspecified atom stereocenters. The van der Waals surface area contributed by atoms with Gasteiger partial charge in [-0.25, -0.2) is 9.78 Å². The second-order valence-electron chi connectivity index (χ2n) is 7.35. The van der Waals surface area contributed by atoms with Crippen LogP contribution in [-0.2, 0) is 17.9 Å². The van der Waals surface area contributed by atoms with Crippen molar-refractivity contribution in [2.45, 2.75) is 45.4 Å². The number of aromatic nitrogens is 4. The number of nitrogens with zero attached hydrogens (tertiary/aromatic N) is 4. The minimum absolute atomic E-state index is 0.00950. The molecule has 0 saturated carbocycles. The minimum Gasteiger partial charge on any atom is -0.480 e. The zero-order valence-corrected chi connectivity index (χ0v) is 18.7. The first-order valence-corrected chi connectivity index (χ1v) is 10.4. The average molecular weight is 486 g/mol. The number of benzene rings is 1. The predicted molar refractivity (Wildman–Crippen MR) is 114 cm³/mol. The van der Waals surface area contributed by atoms with Gasteiger partial charge in [-0.15, -0.1) is 5.10 Å². The highest BCUT2D eigenvalue weighted by atomic mass is 19.4. The van der Waals surface area contributed by atoms with Crippen LogP contribution in [0, 0.1) is 0 Å². The molecule has 2 atom stereocenters. The van der Waals surface area contributed by atoms with Gasteiger partial charge >= 0.3 is 11.9 Å². The maximum atomic E-state index is 13.3. The number of aliphatic hydroxyl groups excluding tert-OH is 2. The summed E-state index contributed by atoms with van der Waals surface area (Å²) in [6.07, 6.45) is -6.32. The molecule has 0 radical (unpaired) electrons. The Labute approximate surface area is 192 Å². The largest absolute Gasteiger partial charge is 0.480 e. The van der Waals surface area contributed by atoms with Crippen LogP contribution in [0.1, 0.15) is 19.7 Å². The summed E-state index contributed by atoms with van der Waals surface area (Å²) in [4.78, 5) is 16.9. The number of fused-ring (bicyclic) bond motifs is 1. The lowest BCUT2D eigenvalue weighted by atomic mass is 10.1. The second-order valence-corrected chi connectivity index (χ2v) is 7.35. The SMILES string of the molecule is CCn1c(CO)nn(-c2cc(OC(C)C(F)(F)F)c3c(OC(CO)COC)nccc3c2)c1=O. The van der Waals surface area contributed by atoms with Crippen molar-refractivity contribution < 1.29 is 37.6 Å². The lowest BCUT2D eigenvalue weighted by molar-refractivity contribution is -0.189. The van der Waals surface area contributed by atoms with E-state index in [0.717, 1.165) is 11.6 Å². The first-order valence-electron chi connectivity index (χ1n) is 10.4. The average Bonchev–Trinajstić information content (AvgIpc) is 3.13. The Morgan fingerprint density at radius 3 is 2.50 bits per heavy atom. The highest BCUT2D eigenvalue weighted by molar-refractivity contribution is 5.94. The molecule has 3 rings (SSSR count). The summed E-state index contributed by atoms with van der Waals surface area (Å²) in [6.45, 7) is 1.86. The molecular formula is C21H25F3N4O6. The van der Waals surface area contributed by atoms with Crippen molar-refractivity contribution in [3.63, 3.8) is 0 Å². The first kappa shape index (κ1) is 25.5. The molecule has 0 aliphatic carbocycles. The van der Waals surface area contributed by atoms with E-state index in [0.29, 0.717) is 5.39 Å². The Bertz CT molecular complexity index is 1190. The number of alkyl halides is 3. The van der Waals surface area contributed by atoms with Crippen LogP contribution >= 0.6 is 0 Å². The fourth-order valence-corrected chi connectivity index (χ4v) is 3.30. The third-order valence-electron chi connectivity index (χ3n) is 5.02. The number of methoxy groups -OCH3 is 1. The number of aliphatic hydroxyl groups is 2. The topological polar surface area (TPSA) is 121 Å². The number of pyridine rings is 1. The van der Waals surface area contributed by atoms with Crippen LogP contribution in [0.4, 0.5) is 13.2 Å².